The highest BCUT2D eigenvalue weighted by Gasteiger charge is 2.15. The molecule has 1 aromatic carbocycles. The molecule has 140 valence electrons. The number of ether oxygens (including phenoxy) is 3. The number of benzene rings is 1. The topological polar surface area (TPSA) is 70.8 Å². The number of thiazole rings is 1. The lowest BCUT2D eigenvalue weighted by Crippen LogP contribution is -2.01. The van der Waals surface area contributed by atoms with Gasteiger partial charge in [-0.25, -0.2) is 9.78 Å². The van der Waals surface area contributed by atoms with E-state index >= 15 is 0 Å². The number of aromatic nitrogens is 1. The summed E-state index contributed by atoms with van der Waals surface area (Å²) in [5, 5.41) is 2.60. The lowest BCUT2D eigenvalue weighted by Gasteiger charge is -2.10. The van der Waals surface area contributed by atoms with E-state index in [1.807, 2.05) is 23.6 Å². The van der Waals surface area contributed by atoms with Crippen LogP contribution in [-0.4, -0.2) is 25.2 Å². The second kappa shape index (κ2) is 8.88. The second-order valence-electron chi connectivity index (χ2n) is 5.27. The average molecular weight is 450 g/mol. The van der Waals surface area contributed by atoms with Crippen molar-refractivity contribution >= 4 is 39.3 Å². The van der Waals surface area contributed by atoms with Gasteiger partial charge in [0, 0.05) is 11.5 Å². The van der Waals surface area contributed by atoms with Crippen LogP contribution in [-0.2, 0) is 16.1 Å². The predicted octanol–water partition coefficient (Wildman–Crippen LogP) is 4.94. The monoisotopic (exact) mass is 449 g/mol. The predicted molar refractivity (Wildman–Crippen MR) is 106 cm³/mol. The molecular weight excluding hydrogens is 434 g/mol. The zero-order valence-electron chi connectivity index (χ0n) is 14.6. The van der Waals surface area contributed by atoms with Crippen molar-refractivity contribution in [3.05, 3.63) is 57.9 Å². The highest BCUT2D eigenvalue weighted by molar-refractivity contribution is 9.10. The van der Waals surface area contributed by atoms with Crippen LogP contribution in [0.4, 0.5) is 0 Å². The Morgan fingerprint density at radius 1 is 1.26 bits per heavy atom. The Morgan fingerprint density at radius 3 is 2.81 bits per heavy atom. The van der Waals surface area contributed by atoms with Gasteiger partial charge in [0.05, 0.1) is 25.5 Å². The number of hydrogen-bond donors (Lipinski definition) is 0. The summed E-state index contributed by atoms with van der Waals surface area (Å²) >= 11 is 4.64. The molecule has 2 heterocycles. The zero-order valence-corrected chi connectivity index (χ0v) is 17.0. The van der Waals surface area contributed by atoms with Crippen molar-refractivity contribution in [1.29, 1.82) is 0 Å². The number of halogens is 1. The number of esters is 1. The Kier molecular flexibility index (Phi) is 6.31. The van der Waals surface area contributed by atoms with Crippen molar-refractivity contribution in [1.82, 2.24) is 4.98 Å². The molecule has 3 aromatic rings. The number of carbonyl (C=O) groups excluding carboxylic acids is 1. The molecule has 0 aliphatic heterocycles. The minimum Gasteiger partial charge on any atom is -0.493 e. The van der Waals surface area contributed by atoms with E-state index in [0.29, 0.717) is 27.6 Å². The van der Waals surface area contributed by atoms with Crippen LogP contribution >= 0.6 is 27.3 Å². The number of nitrogens with zero attached hydrogens (tertiary/aromatic N) is 1. The highest BCUT2D eigenvalue weighted by Crippen LogP contribution is 2.39. The maximum absolute atomic E-state index is 11.8. The minimum atomic E-state index is -0.476. The summed E-state index contributed by atoms with van der Waals surface area (Å²) in [4.78, 5) is 16.3. The SMILES string of the molecule is COc1cccc(-c2nc(COC(=O)/C=C/c3ccc(Br)o3)cs2)c1OC. The van der Waals surface area contributed by atoms with Gasteiger partial charge in [0.15, 0.2) is 16.2 Å². The standard InChI is InChI=1S/C19H16BrNO5S/c1-23-15-5-3-4-14(18(15)24-2)19-21-12(11-27-19)10-25-17(22)9-7-13-6-8-16(20)26-13/h3-9,11H,10H2,1-2H3/b9-7+. The number of rotatable bonds is 7. The summed E-state index contributed by atoms with van der Waals surface area (Å²) in [5.74, 6) is 1.33. The Labute approximate surface area is 168 Å². The van der Waals surface area contributed by atoms with Gasteiger partial charge in [-0.1, -0.05) is 6.07 Å². The first-order chi connectivity index (χ1) is 13.1. The molecule has 3 rings (SSSR count). The smallest absolute Gasteiger partial charge is 0.331 e. The molecule has 0 saturated carbocycles. The molecular formula is C19H16BrNO5S. The largest absolute Gasteiger partial charge is 0.493 e. The molecule has 0 fully saturated rings. The number of furan rings is 1. The number of methoxy groups -OCH3 is 2. The van der Waals surface area contributed by atoms with Crippen LogP contribution in [0.25, 0.3) is 16.6 Å². The molecule has 0 radical (unpaired) electrons. The van der Waals surface area contributed by atoms with Crippen molar-refractivity contribution in [2.24, 2.45) is 0 Å². The van der Waals surface area contributed by atoms with Crippen molar-refractivity contribution in [2.45, 2.75) is 6.61 Å². The molecule has 0 amide bonds. The Bertz CT molecular complexity index is 963. The van der Waals surface area contributed by atoms with Crippen LogP contribution in [0.15, 0.2) is 50.9 Å². The van der Waals surface area contributed by atoms with E-state index < -0.39 is 5.97 Å². The normalized spacial score (nSPS) is 10.9. The summed E-state index contributed by atoms with van der Waals surface area (Å²) in [6, 6.07) is 9.08. The molecule has 0 spiro atoms. The van der Waals surface area contributed by atoms with Gasteiger partial charge in [-0.3, -0.25) is 0 Å². The third-order valence-electron chi connectivity index (χ3n) is 3.53. The third-order valence-corrected chi connectivity index (χ3v) is 4.88. The number of para-hydroxylation sites is 1. The van der Waals surface area contributed by atoms with Crippen LogP contribution in [0.5, 0.6) is 11.5 Å². The fraction of sp³-hybridized carbons (Fsp3) is 0.158. The summed E-state index contributed by atoms with van der Waals surface area (Å²) < 4.78 is 21.8. The Balaban J connectivity index is 1.65. The molecule has 8 heteroatoms. The van der Waals surface area contributed by atoms with Gasteiger partial charge in [-0.2, -0.15) is 0 Å². The van der Waals surface area contributed by atoms with Crippen LogP contribution in [0, 0.1) is 0 Å². The van der Waals surface area contributed by atoms with Gasteiger partial charge in [0.1, 0.15) is 17.4 Å². The fourth-order valence-electron chi connectivity index (χ4n) is 2.31. The van der Waals surface area contributed by atoms with Crippen LogP contribution in [0.1, 0.15) is 11.5 Å². The van der Waals surface area contributed by atoms with Crippen LogP contribution in [0.3, 0.4) is 0 Å². The van der Waals surface area contributed by atoms with E-state index in [0.717, 1.165) is 10.6 Å². The first-order valence-corrected chi connectivity index (χ1v) is 9.54. The van der Waals surface area contributed by atoms with E-state index in [2.05, 4.69) is 20.9 Å². The first-order valence-electron chi connectivity index (χ1n) is 7.86. The van der Waals surface area contributed by atoms with E-state index in [-0.39, 0.29) is 6.61 Å². The van der Waals surface area contributed by atoms with Gasteiger partial charge in [0.25, 0.3) is 0 Å². The summed E-state index contributed by atoms with van der Waals surface area (Å²) in [5.41, 5.74) is 1.48. The van der Waals surface area contributed by atoms with Gasteiger partial charge < -0.3 is 18.6 Å². The average Bonchev–Trinajstić information content (AvgIpc) is 3.32. The van der Waals surface area contributed by atoms with Gasteiger partial charge in [0.2, 0.25) is 0 Å². The van der Waals surface area contributed by atoms with Crippen molar-refractivity contribution < 1.29 is 23.4 Å². The Hall–Kier alpha value is -2.58. The fourth-order valence-corrected chi connectivity index (χ4v) is 3.46. The highest BCUT2D eigenvalue weighted by atomic mass is 79.9. The second-order valence-corrected chi connectivity index (χ2v) is 6.91. The molecule has 0 aliphatic carbocycles. The van der Waals surface area contributed by atoms with Gasteiger partial charge in [-0.05, 0) is 46.3 Å². The number of carbonyl (C=O) groups is 1. The van der Waals surface area contributed by atoms with E-state index in [1.165, 1.54) is 17.4 Å². The molecule has 6 nitrogen and oxygen atoms in total. The molecule has 0 unspecified atom stereocenters. The minimum absolute atomic E-state index is 0.0772. The van der Waals surface area contributed by atoms with Gasteiger partial charge in [-0.15, -0.1) is 11.3 Å². The maximum Gasteiger partial charge on any atom is 0.331 e. The summed E-state index contributed by atoms with van der Waals surface area (Å²) in [6.45, 7) is 0.0772. The van der Waals surface area contributed by atoms with E-state index in [4.69, 9.17) is 18.6 Å². The first kappa shape index (κ1) is 19.2. The van der Waals surface area contributed by atoms with Crippen molar-refractivity contribution in [3.8, 4) is 22.1 Å². The maximum atomic E-state index is 11.8. The molecule has 0 bridgehead atoms. The van der Waals surface area contributed by atoms with Gasteiger partial charge >= 0.3 is 5.97 Å². The molecule has 0 N–H and O–H groups in total. The zero-order chi connectivity index (χ0) is 19.2. The van der Waals surface area contributed by atoms with E-state index in [1.54, 1.807) is 32.4 Å². The molecule has 27 heavy (non-hydrogen) atoms. The van der Waals surface area contributed by atoms with E-state index in [9.17, 15) is 4.79 Å². The summed E-state index contributed by atoms with van der Waals surface area (Å²) in [6.07, 6.45) is 2.85. The molecule has 0 saturated heterocycles. The summed E-state index contributed by atoms with van der Waals surface area (Å²) in [7, 11) is 3.17. The molecule has 0 aliphatic rings. The Morgan fingerprint density at radius 2 is 2.11 bits per heavy atom. The van der Waals surface area contributed by atoms with Crippen molar-refractivity contribution in [2.75, 3.05) is 14.2 Å². The quantitative estimate of drug-likeness (QED) is 0.375. The van der Waals surface area contributed by atoms with Crippen molar-refractivity contribution in [3.63, 3.8) is 0 Å². The third kappa shape index (κ3) is 4.78. The molecule has 0 atom stereocenters. The van der Waals surface area contributed by atoms with Crippen LogP contribution in [0.2, 0.25) is 0 Å². The molecule has 2 aromatic heterocycles. The lowest BCUT2D eigenvalue weighted by molar-refractivity contribution is -0.139. The van der Waals surface area contributed by atoms with Crippen LogP contribution < -0.4 is 9.47 Å². The lowest BCUT2D eigenvalue weighted by atomic mass is 10.2. The number of hydrogen-bond acceptors (Lipinski definition) is 7.